The minimum absolute atomic E-state index is 0.0718. The standard InChI is InChI=1S/C22H20ClN3O2S3/c1-4-26-21(28)18-14(16-6-5-7-29-16)10-30-20(18)25-22(26)31-11-17(27)24-19-13(3)8-12(2)9-15(19)23/h5-10H,4,11H2,1-3H3,(H,24,27). The molecule has 0 aliphatic rings. The molecule has 4 aromatic rings. The molecule has 1 N–H and O–H groups in total. The van der Waals surface area contributed by atoms with Gasteiger partial charge in [-0.1, -0.05) is 35.5 Å². The zero-order valence-electron chi connectivity index (χ0n) is 17.2. The number of carbonyl (C=O) groups excluding carboxylic acids is 1. The lowest BCUT2D eigenvalue weighted by molar-refractivity contribution is -0.113. The van der Waals surface area contributed by atoms with Gasteiger partial charge in [-0.25, -0.2) is 4.98 Å². The third kappa shape index (κ3) is 4.43. The topological polar surface area (TPSA) is 64.0 Å². The van der Waals surface area contributed by atoms with Gasteiger partial charge in [0.05, 0.1) is 21.8 Å². The van der Waals surface area contributed by atoms with Gasteiger partial charge in [0.1, 0.15) is 4.83 Å². The lowest BCUT2D eigenvalue weighted by Crippen LogP contribution is -2.23. The van der Waals surface area contributed by atoms with Crippen molar-refractivity contribution in [1.29, 1.82) is 0 Å². The molecule has 0 radical (unpaired) electrons. The third-order valence-electron chi connectivity index (χ3n) is 4.79. The van der Waals surface area contributed by atoms with Crippen LogP contribution in [0.1, 0.15) is 18.1 Å². The predicted octanol–water partition coefficient (Wildman–Crippen LogP) is 6.21. The fourth-order valence-electron chi connectivity index (χ4n) is 3.39. The van der Waals surface area contributed by atoms with E-state index in [0.29, 0.717) is 32.6 Å². The molecule has 31 heavy (non-hydrogen) atoms. The Balaban J connectivity index is 1.59. The summed E-state index contributed by atoms with van der Waals surface area (Å²) in [4.78, 5) is 32.3. The summed E-state index contributed by atoms with van der Waals surface area (Å²) in [5.41, 5.74) is 3.42. The Kier molecular flexibility index (Phi) is 6.52. The van der Waals surface area contributed by atoms with Crippen molar-refractivity contribution in [3.05, 3.63) is 61.5 Å². The molecule has 0 saturated carbocycles. The van der Waals surface area contributed by atoms with Crippen molar-refractivity contribution in [1.82, 2.24) is 9.55 Å². The molecule has 3 heterocycles. The summed E-state index contributed by atoms with van der Waals surface area (Å²) in [5.74, 6) is -0.0635. The number of benzene rings is 1. The van der Waals surface area contributed by atoms with E-state index in [1.165, 1.54) is 23.1 Å². The van der Waals surface area contributed by atoms with Crippen LogP contribution in [0.3, 0.4) is 0 Å². The molecule has 0 bridgehead atoms. The van der Waals surface area contributed by atoms with Crippen molar-refractivity contribution in [2.24, 2.45) is 0 Å². The lowest BCUT2D eigenvalue weighted by atomic mass is 10.1. The van der Waals surface area contributed by atoms with Crippen LogP contribution in [0.5, 0.6) is 0 Å². The average molecular weight is 490 g/mol. The summed E-state index contributed by atoms with van der Waals surface area (Å²) in [7, 11) is 0. The zero-order chi connectivity index (χ0) is 22.1. The number of carbonyl (C=O) groups is 1. The summed E-state index contributed by atoms with van der Waals surface area (Å²) >= 11 is 10.6. The quantitative estimate of drug-likeness (QED) is 0.258. The highest BCUT2D eigenvalue weighted by atomic mass is 35.5. The first-order valence-electron chi connectivity index (χ1n) is 9.64. The number of aromatic nitrogens is 2. The highest BCUT2D eigenvalue weighted by Gasteiger charge is 2.18. The van der Waals surface area contributed by atoms with Crippen molar-refractivity contribution in [3.63, 3.8) is 0 Å². The molecule has 9 heteroatoms. The molecule has 1 amide bonds. The molecule has 5 nitrogen and oxygen atoms in total. The van der Waals surface area contributed by atoms with E-state index in [1.807, 2.05) is 55.8 Å². The van der Waals surface area contributed by atoms with Crippen molar-refractivity contribution < 1.29 is 4.79 Å². The smallest absolute Gasteiger partial charge is 0.263 e. The van der Waals surface area contributed by atoms with Gasteiger partial charge < -0.3 is 5.32 Å². The van der Waals surface area contributed by atoms with Gasteiger partial charge in [0.2, 0.25) is 5.91 Å². The first-order valence-corrected chi connectivity index (χ1v) is 12.8. The Bertz CT molecular complexity index is 1300. The van der Waals surface area contributed by atoms with Gasteiger partial charge in [0.15, 0.2) is 5.16 Å². The van der Waals surface area contributed by atoms with Crippen LogP contribution in [-0.4, -0.2) is 21.2 Å². The van der Waals surface area contributed by atoms with E-state index >= 15 is 0 Å². The number of rotatable bonds is 6. The van der Waals surface area contributed by atoms with Crippen LogP contribution in [0.2, 0.25) is 5.02 Å². The number of anilines is 1. The van der Waals surface area contributed by atoms with Crippen LogP contribution in [0.4, 0.5) is 5.69 Å². The maximum absolute atomic E-state index is 13.2. The maximum Gasteiger partial charge on any atom is 0.263 e. The molecule has 0 unspecified atom stereocenters. The number of thioether (sulfide) groups is 1. The maximum atomic E-state index is 13.2. The molecule has 0 fully saturated rings. The number of hydrogen-bond donors (Lipinski definition) is 1. The van der Waals surface area contributed by atoms with E-state index in [4.69, 9.17) is 16.6 Å². The van der Waals surface area contributed by atoms with Crippen LogP contribution < -0.4 is 10.9 Å². The predicted molar refractivity (Wildman–Crippen MR) is 133 cm³/mol. The van der Waals surface area contributed by atoms with E-state index < -0.39 is 0 Å². The zero-order valence-corrected chi connectivity index (χ0v) is 20.4. The normalized spacial score (nSPS) is 11.2. The second-order valence-electron chi connectivity index (χ2n) is 7.03. The Labute approximate surface area is 197 Å². The van der Waals surface area contributed by atoms with Crippen molar-refractivity contribution >= 4 is 67.8 Å². The molecular weight excluding hydrogens is 470 g/mol. The molecule has 0 saturated heterocycles. The summed E-state index contributed by atoms with van der Waals surface area (Å²) in [6.07, 6.45) is 0. The fourth-order valence-corrected chi connectivity index (χ4v) is 6.42. The summed E-state index contributed by atoms with van der Waals surface area (Å²) in [6.45, 7) is 6.26. The van der Waals surface area contributed by atoms with E-state index in [1.54, 1.807) is 15.9 Å². The molecule has 0 spiro atoms. The Hall–Kier alpha value is -2.13. The second kappa shape index (κ2) is 9.16. The van der Waals surface area contributed by atoms with Gasteiger partial charge in [-0.2, -0.15) is 0 Å². The van der Waals surface area contributed by atoms with E-state index in [0.717, 1.165) is 21.6 Å². The number of nitrogens with zero attached hydrogens (tertiary/aromatic N) is 2. The van der Waals surface area contributed by atoms with Crippen LogP contribution in [-0.2, 0) is 11.3 Å². The molecule has 3 aromatic heterocycles. The third-order valence-corrected chi connectivity index (χ3v) is 7.84. The summed E-state index contributed by atoms with van der Waals surface area (Å²) in [5, 5.41) is 8.56. The van der Waals surface area contributed by atoms with Crippen LogP contribution in [0.25, 0.3) is 20.7 Å². The van der Waals surface area contributed by atoms with Crippen molar-refractivity contribution in [2.45, 2.75) is 32.5 Å². The first kappa shape index (κ1) is 22.1. The Morgan fingerprint density at radius 2 is 2.10 bits per heavy atom. The largest absolute Gasteiger partial charge is 0.324 e. The van der Waals surface area contributed by atoms with Gasteiger partial charge in [-0.15, -0.1) is 22.7 Å². The fraction of sp³-hybridized carbons (Fsp3) is 0.227. The van der Waals surface area contributed by atoms with Gasteiger partial charge in [-0.3, -0.25) is 14.2 Å². The number of amides is 1. The average Bonchev–Trinajstić information content (AvgIpc) is 3.38. The number of nitrogens with one attached hydrogen (secondary N) is 1. The Morgan fingerprint density at radius 1 is 1.29 bits per heavy atom. The number of fused-ring (bicyclic) bond motifs is 1. The van der Waals surface area contributed by atoms with Crippen molar-refractivity contribution in [2.75, 3.05) is 11.1 Å². The SMILES string of the molecule is CCn1c(SCC(=O)Nc2c(C)cc(C)cc2Cl)nc2scc(-c3cccs3)c2c1=O. The number of thiophene rings is 2. The highest BCUT2D eigenvalue weighted by Crippen LogP contribution is 2.34. The number of hydrogen-bond acceptors (Lipinski definition) is 6. The molecule has 1 aromatic carbocycles. The molecular formula is C22H20ClN3O2S3. The summed E-state index contributed by atoms with van der Waals surface area (Å²) < 4.78 is 1.63. The first-order chi connectivity index (χ1) is 14.9. The van der Waals surface area contributed by atoms with E-state index in [2.05, 4.69) is 5.32 Å². The van der Waals surface area contributed by atoms with E-state index in [-0.39, 0.29) is 17.2 Å². The monoisotopic (exact) mass is 489 g/mol. The van der Waals surface area contributed by atoms with Crippen LogP contribution in [0.15, 0.2) is 45.0 Å². The van der Waals surface area contributed by atoms with Crippen molar-refractivity contribution in [3.8, 4) is 10.4 Å². The highest BCUT2D eigenvalue weighted by molar-refractivity contribution is 7.99. The van der Waals surface area contributed by atoms with Gasteiger partial charge >= 0.3 is 0 Å². The molecule has 160 valence electrons. The Morgan fingerprint density at radius 3 is 2.77 bits per heavy atom. The summed E-state index contributed by atoms with van der Waals surface area (Å²) in [6, 6.07) is 7.78. The molecule has 4 rings (SSSR count). The number of aryl methyl sites for hydroxylation is 2. The molecule has 0 aliphatic carbocycles. The molecule has 0 aliphatic heterocycles. The van der Waals surface area contributed by atoms with Gasteiger partial charge in [-0.05, 0) is 49.4 Å². The minimum Gasteiger partial charge on any atom is -0.324 e. The minimum atomic E-state index is -0.193. The van der Waals surface area contributed by atoms with Gasteiger partial charge in [0, 0.05) is 22.4 Å². The number of halogens is 1. The van der Waals surface area contributed by atoms with Crippen LogP contribution in [0, 0.1) is 13.8 Å². The second-order valence-corrected chi connectivity index (χ2v) is 10.2. The van der Waals surface area contributed by atoms with E-state index in [9.17, 15) is 9.59 Å². The van der Waals surface area contributed by atoms with Crippen LogP contribution >= 0.6 is 46.0 Å². The van der Waals surface area contributed by atoms with Gasteiger partial charge in [0.25, 0.3) is 5.56 Å². The lowest BCUT2D eigenvalue weighted by Gasteiger charge is -2.13. The molecule has 0 atom stereocenters.